The van der Waals surface area contributed by atoms with Gasteiger partial charge >= 0.3 is 0 Å². The minimum Gasteiger partial charge on any atom is -0.338 e. The van der Waals surface area contributed by atoms with Crippen LogP contribution in [0.3, 0.4) is 0 Å². The highest BCUT2D eigenvalue weighted by Crippen LogP contribution is 2.05. The fraction of sp³-hybridized carbons (Fsp3) is 0.571. The van der Waals surface area contributed by atoms with Gasteiger partial charge in [-0.05, 0) is 44.9 Å². The van der Waals surface area contributed by atoms with Gasteiger partial charge in [0.2, 0.25) is 5.91 Å². The van der Waals surface area contributed by atoms with Crippen molar-refractivity contribution in [3.8, 4) is 0 Å². The van der Waals surface area contributed by atoms with Crippen LogP contribution in [0.2, 0.25) is 0 Å². The van der Waals surface area contributed by atoms with Gasteiger partial charge in [-0.2, -0.15) is 0 Å². The maximum absolute atomic E-state index is 12.2. The smallest absolute Gasteiger partial charge is 0.249 e. The number of carbonyl (C=O) groups excluding carboxylic acids is 2. The monoisotopic (exact) mass is 267 g/mol. The van der Waals surface area contributed by atoms with Crippen LogP contribution in [0.15, 0.2) is 23.8 Å². The van der Waals surface area contributed by atoms with Gasteiger partial charge in [-0.15, -0.1) is 0 Å². The molecule has 0 saturated heterocycles. The quantitative estimate of drug-likeness (QED) is 0.473. The molecule has 0 aliphatic rings. The summed E-state index contributed by atoms with van der Waals surface area (Å²) in [6.45, 7) is 8.91. The van der Waals surface area contributed by atoms with Gasteiger partial charge in [-0.3, -0.25) is 9.59 Å². The summed E-state index contributed by atoms with van der Waals surface area (Å²) in [6, 6.07) is 0. The van der Waals surface area contributed by atoms with E-state index in [2.05, 4.69) is 6.58 Å². The van der Waals surface area contributed by atoms with Crippen LogP contribution in [0.4, 0.5) is 0 Å². The molecule has 0 spiro atoms. The molecule has 19 heavy (non-hydrogen) atoms. The summed E-state index contributed by atoms with van der Waals surface area (Å²) < 4.78 is 0. The van der Waals surface area contributed by atoms with E-state index in [0.717, 1.165) is 12.8 Å². The predicted octanol–water partition coefficient (Wildman–Crippen LogP) is 0.604. The van der Waals surface area contributed by atoms with E-state index in [1.165, 1.54) is 6.08 Å². The van der Waals surface area contributed by atoms with Gasteiger partial charge in [0.25, 0.3) is 0 Å². The van der Waals surface area contributed by atoms with Crippen molar-refractivity contribution < 1.29 is 9.59 Å². The Hall–Kier alpha value is -1.46. The van der Waals surface area contributed by atoms with Crippen LogP contribution in [0.25, 0.3) is 0 Å². The molecule has 0 heterocycles. The van der Waals surface area contributed by atoms with Crippen molar-refractivity contribution >= 4 is 11.7 Å². The minimum absolute atomic E-state index is 0.155. The molecular weight excluding hydrogens is 242 g/mol. The number of hydrogen-bond donors (Lipinski definition) is 2. The third kappa shape index (κ3) is 6.88. The van der Waals surface area contributed by atoms with Crippen molar-refractivity contribution in [3.63, 3.8) is 0 Å². The van der Waals surface area contributed by atoms with E-state index in [-0.39, 0.29) is 11.7 Å². The lowest BCUT2D eigenvalue weighted by Gasteiger charge is -2.22. The number of nitrogens with zero attached hydrogens (tertiary/aromatic N) is 1. The summed E-state index contributed by atoms with van der Waals surface area (Å²) in [5, 5.41) is 0. The van der Waals surface area contributed by atoms with Crippen molar-refractivity contribution in [1.29, 1.82) is 0 Å². The first-order valence-corrected chi connectivity index (χ1v) is 6.51. The maximum atomic E-state index is 12.2. The second-order valence-corrected chi connectivity index (χ2v) is 4.55. The summed E-state index contributed by atoms with van der Waals surface area (Å²) in [4.78, 5) is 25.3. The second kappa shape index (κ2) is 9.47. The lowest BCUT2D eigenvalue weighted by atomic mass is 10.1. The van der Waals surface area contributed by atoms with Crippen molar-refractivity contribution in [2.24, 2.45) is 11.5 Å². The van der Waals surface area contributed by atoms with Crippen LogP contribution in [0.1, 0.15) is 26.7 Å². The van der Waals surface area contributed by atoms with E-state index >= 15 is 0 Å². The molecule has 0 aliphatic heterocycles. The number of allylic oxidation sites excluding steroid dienone is 2. The average molecular weight is 267 g/mol. The molecule has 0 unspecified atom stereocenters. The Labute approximate surface area is 115 Å². The molecule has 0 saturated carbocycles. The molecule has 0 aromatic rings. The first kappa shape index (κ1) is 17.5. The number of rotatable bonds is 9. The molecule has 0 aromatic heterocycles. The van der Waals surface area contributed by atoms with E-state index in [0.29, 0.717) is 37.3 Å². The molecule has 0 aliphatic carbocycles. The Morgan fingerprint density at radius 3 is 2.21 bits per heavy atom. The Morgan fingerprint density at radius 1 is 1.11 bits per heavy atom. The molecule has 0 fully saturated rings. The highest BCUT2D eigenvalue weighted by atomic mass is 16.2. The fourth-order valence-corrected chi connectivity index (χ4v) is 1.55. The van der Waals surface area contributed by atoms with Gasteiger partial charge in [0.15, 0.2) is 5.78 Å². The molecular formula is C14H25N3O2. The van der Waals surface area contributed by atoms with Crippen LogP contribution < -0.4 is 11.5 Å². The number of hydrogen-bond acceptors (Lipinski definition) is 4. The summed E-state index contributed by atoms with van der Waals surface area (Å²) in [7, 11) is 0. The predicted molar refractivity (Wildman–Crippen MR) is 77.5 cm³/mol. The zero-order valence-corrected chi connectivity index (χ0v) is 11.9. The molecule has 108 valence electrons. The maximum Gasteiger partial charge on any atom is 0.249 e. The van der Waals surface area contributed by atoms with Crippen molar-refractivity contribution in [1.82, 2.24) is 4.90 Å². The van der Waals surface area contributed by atoms with E-state index in [4.69, 9.17) is 11.5 Å². The van der Waals surface area contributed by atoms with Crippen LogP contribution in [0.5, 0.6) is 0 Å². The number of carbonyl (C=O) groups is 2. The molecule has 5 heteroatoms. The molecule has 0 rings (SSSR count). The van der Waals surface area contributed by atoms with Crippen LogP contribution >= 0.6 is 0 Å². The van der Waals surface area contributed by atoms with Crippen molar-refractivity contribution in [3.05, 3.63) is 23.8 Å². The Bertz CT molecular complexity index is 362. The minimum atomic E-state index is -0.222. The largest absolute Gasteiger partial charge is 0.338 e. The van der Waals surface area contributed by atoms with Gasteiger partial charge in [-0.25, -0.2) is 0 Å². The first-order valence-electron chi connectivity index (χ1n) is 6.51. The van der Waals surface area contributed by atoms with E-state index in [1.54, 1.807) is 18.7 Å². The highest BCUT2D eigenvalue weighted by molar-refractivity contribution is 6.08. The van der Waals surface area contributed by atoms with Gasteiger partial charge < -0.3 is 16.4 Å². The zero-order chi connectivity index (χ0) is 14.8. The van der Waals surface area contributed by atoms with Crippen molar-refractivity contribution in [2.45, 2.75) is 26.7 Å². The topological polar surface area (TPSA) is 89.4 Å². The highest BCUT2D eigenvalue weighted by Gasteiger charge is 2.15. The number of amides is 1. The standard InChI is InChI=1S/C14H25N3O2/c1-11(2)13(18)10-12(3)14(19)17(9-7-16)8-5-4-6-15/h10H,1,4-9,15-16H2,2-3H3/b12-10+. The lowest BCUT2D eigenvalue weighted by molar-refractivity contribution is -0.127. The van der Waals surface area contributed by atoms with Gasteiger partial charge in [0, 0.05) is 25.2 Å². The molecule has 0 aromatic carbocycles. The molecule has 5 nitrogen and oxygen atoms in total. The average Bonchev–Trinajstić information content (AvgIpc) is 2.36. The second-order valence-electron chi connectivity index (χ2n) is 4.55. The first-order chi connectivity index (χ1) is 8.93. The number of unbranched alkanes of at least 4 members (excludes halogenated alkanes) is 1. The lowest BCUT2D eigenvalue weighted by Crippen LogP contribution is -2.37. The number of ketones is 1. The SMILES string of the molecule is C=C(C)C(=O)/C=C(\C)C(=O)N(CCN)CCCCN. The number of nitrogens with two attached hydrogens (primary N) is 2. The van der Waals surface area contributed by atoms with E-state index < -0.39 is 0 Å². The van der Waals surface area contributed by atoms with Gasteiger partial charge in [-0.1, -0.05) is 6.58 Å². The Balaban J connectivity index is 4.69. The third-order valence-electron chi connectivity index (χ3n) is 2.67. The summed E-state index contributed by atoms with van der Waals surface area (Å²) in [5.74, 6) is -0.377. The van der Waals surface area contributed by atoms with E-state index in [9.17, 15) is 9.59 Å². The Kier molecular flexibility index (Phi) is 8.74. The normalized spacial score (nSPS) is 11.3. The van der Waals surface area contributed by atoms with Crippen molar-refractivity contribution in [2.75, 3.05) is 26.2 Å². The zero-order valence-electron chi connectivity index (χ0n) is 11.9. The molecule has 1 amide bonds. The third-order valence-corrected chi connectivity index (χ3v) is 2.67. The Morgan fingerprint density at radius 2 is 1.74 bits per heavy atom. The molecule has 4 N–H and O–H groups in total. The van der Waals surface area contributed by atoms with Crippen LogP contribution in [-0.4, -0.2) is 42.8 Å². The molecule has 0 radical (unpaired) electrons. The molecule has 0 atom stereocenters. The fourth-order valence-electron chi connectivity index (χ4n) is 1.55. The van der Waals surface area contributed by atoms with Crippen LogP contribution in [0, 0.1) is 0 Å². The van der Waals surface area contributed by atoms with E-state index in [1.807, 2.05) is 0 Å². The van der Waals surface area contributed by atoms with Gasteiger partial charge in [0.1, 0.15) is 0 Å². The van der Waals surface area contributed by atoms with Crippen LogP contribution in [-0.2, 0) is 9.59 Å². The summed E-state index contributed by atoms with van der Waals surface area (Å²) in [6.07, 6.45) is 3.03. The summed E-state index contributed by atoms with van der Waals surface area (Å²) >= 11 is 0. The van der Waals surface area contributed by atoms with Gasteiger partial charge in [0.05, 0.1) is 0 Å². The summed E-state index contributed by atoms with van der Waals surface area (Å²) in [5.41, 5.74) is 11.8. The molecule has 0 bridgehead atoms.